The van der Waals surface area contributed by atoms with Gasteiger partial charge >= 0.3 is 0 Å². The Morgan fingerprint density at radius 3 is 2.17 bits per heavy atom. The number of alkyl halides is 1. The van der Waals surface area contributed by atoms with Crippen LogP contribution in [0.4, 0.5) is 0 Å². The van der Waals surface area contributed by atoms with Gasteiger partial charge in [-0.15, -0.1) is 11.6 Å². The SMILES string of the molecule is ClCC1CC1C1CCCCCC1. The van der Waals surface area contributed by atoms with Crippen LogP contribution >= 0.6 is 11.6 Å². The zero-order valence-corrected chi connectivity index (χ0v) is 8.52. The van der Waals surface area contributed by atoms with Crippen molar-refractivity contribution in [3.8, 4) is 0 Å². The highest BCUT2D eigenvalue weighted by atomic mass is 35.5. The average molecular weight is 187 g/mol. The standard InChI is InChI=1S/C11H19Cl/c12-8-10-7-11(10)9-5-3-1-2-4-6-9/h9-11H,1-8H2. The van der Waals surface area contributed by atoms with Crippen molar-refractivity contribution in [3.05, 3.63) is 0 Å². The Labute approximate surface area is 80.7 Å². The molecule has 0 aromatic rings. The quantitative estimate of drug-likeness (QED) is 0.454. The largest absolute Gasteiger partial charge is 0.126 e. The first-order valence-corrected chi connectivity index (χ1v) is 6.01. The van der Waals surface area contributed by atoms with Crippen LogP contribution in [0.3, 0.4) is 0 Å². The summed E-state index contributed by atoms with van der Waals surface area (Å²) in [6, 6.07) is 0. The molecule has 0 spiro atoms. The molecule has 2 rings (SSSR count). The Balaban J connectivity index is 1.79. The van der Waals surface area contributed by atoms with Gasteiger partial charge < -0.3 is 0 Å². The molecule has 0 aromatic carbocycles. The number of hydrogen-bond donors (Lipinski definition) is 0. The first kappa shape index (κ1) is 8.87. The molecule has 2 fully saturated rings. The first-order chi connectivity index (χ1) is 5.92. The number of rotatable bonds is 2. The Kier molecular flexibility index (Phi) is 2.96. The van der Waals surface area contributed by atoms with Crippen molar-refractivity contribution in [2.24, 2.45) is 17.8 Å². The molecule has 0 nitrogen and oxygen atoms in total. The van der Waals surface area contributed by atoms with Crippen molar-refractivity contribution in [2.45, 2.75) is 44.9 Å². The highest BCUT2D eigenvalue weighted by molar-refractivity contribution is 6.18. The molecule has 2 aliphatic carbocycles. The minimum Gasteiger partial charge on any atom is -0.126 e. The number of halogens is 1. The molecule has 0 radical (unpaired) electrons. The van der Waals surface area contributed by atoms with Crippen LogP contribution in [0.2, 0.25) is 0 Å². The van der Waals surface area contributed by atoms with E-state index in [2.05, 4.69) is 0 Å². The molecule has 0 aliphatic heterocycles. The normalized spacial score (nSPS) is 37.8. The van der Waals surface area contributed by atoms with Gasteiger partial charge in [-0.25, -0.2) is 0 Å². The molecular weight excluding hydrogens is 168 g/mol. The predicted molar refractivity (Wildman–Crippen MR) is 53.5 cm³/mol. The van der Waals surface area contributed by atoms with Crippen molar-refractivity contribution < 1.29 is 0 Å². The topological polar surface area (TPSA) is 0 Å². The van der Waals surface area contributed by atoms with Crippen LogP contribution in [-0.2, 0) is 0 Å². The van der Waals surface area contributed by atoms with Gasteiger partial charge in [-0.3, -0.25) is 0 Å². The summed E-state index contributed by atoms with van der Waals surface area (Å²) < 4.78 is 0. The van der Waals surface area contributed by atoms with Gasteiger partial charge in [-0.05, 0) is 24.2 Å². The fourth-order valence-corrected chi connectivity index (χ4v) is 3.12. The Bertz CT molecular complexity index is 136. The summed E-state index contributed by atoms with van der Waals surface area (Å²) in [5.74, 6) is 3.90. The fourth-order valence-electron chi connectivity index (χ4n) is 2.76. The van der Waals surface area contributed by atoms with Crippen LogP contribution in [0.1, 0.15) is 44.9 Å². The van der Waals surface area contributed by atoms with Gasteiger partial charge in [-0.1, -0.05) is 38.5 Å². The summed E-state index contributed by atoms with van der Waals surface area (Å²) in [7, 11) is 0. The summed E-state index contributed by atoms with van der Waals surface area (Å²) >= 11 is 5.85. The molecule has 0 aromatic heterocycles. The van der Waals surface area contributed by atoms with E-state index in [1.807, 2.05) is 0 Å². The lowest BCUT2D eigenvalue weighted by Crippen LogP contribution is -2.03. The van der Waals surface area contributed by atoms with Gasteiger partial charge in [0.1, 0.15) is 0 Å². The molecule has 12 heavy (non-hydrogen) atoms. The van der Waals surface area contributed by atoms with Crippen LogP contribution in [-0.4, -0.2) is 5.88 Å². The minimum absolute atomic E-state index is 0.898. The van der Waals surface area contributed by atoms with Crippen LogP contribution < -0.4 is 0 Å². The molecule has 1 heteroatoms. The molecule has 0 heterocycles. The zero-order valence-electron chi connectivity index (χ0n) is 7.77. The Morgan fingerprint density at radius 2 is 1.67 bits per heavy atom. The highest BCUT2D eigenvalue weighted by Crippen LogP contribution is 2.49. The van der Waals surface area contributed by atoms with Crippen molar-refractivity contribution in [3.63, 3.8) is 0 Å². The maximum Gasteiger partial charge on any atom is 0.0254 e. The van der Waals surface area contributed by atoms with Crippen LogP contribution in [0.5, 0.6) is 0 Å². The summed E-state index contributed by atoms with van der Waals surface area (Å²) in [4.78, 5) is 0. The fraction of sp³-hybridized carbons (Fsp3) is 1.00. The lowest BCUT2D eigenvalue weighted by molar-refractivity contribution is 0.391. The van der Waals surface area contributed by atoms with E-state index in [4.69, 9.17) is 11.6 Å². The summed E-state index contributed by atoms with van der Waals surface area (Å²) in [5, 5.41) is 0. The molecule has 0 amide bonds. The summed E-state index contributed by atoms with van der Waals surface area (Å²) in [6.07, 6.45) is 10.4. The van der Waals surface area contributed by atoms with Crippen molar-refractivity contribution in [1.82, 2.24) is 0 Å². The van der Waals surface area contributed by atoms with Crippen LogP contribution in [0.15, 0.2) is 0 Å². The molecule has 2 unspecified atom stereocenters. The minimum atomic E-state index is 0.898. The molecule has 2 aliphatic rings. The smallest absolute Gasteiger partial charge is 0.0254 e. The highest BCUT2D eigenvalue weighted by Gasteiger charge is 2.41. The Morgan fingerprint density at radius 1 is 1.00 bits per heavy atom. The van der Waals surface area contributed by atoms with E-state index >= 15 is 0 Å². The van der Waals surface area contributed by atoms with E-state index < -0.39 is 0 Å². The van der Waals surface area contributed by atoms with E-state index in [0.29, 0.717) is 0 Å². The lowest BCUT2D eigenvalue weighted by Gasteiger charge is -2.12. The second-order valence-electron chi connectivity index (χ2n) is 4.57. The van der Waals surface area contributed by atoms with E-state index in [-0.39, 0.29) is 0 Å². The average Bonchev–Trinajstić information content (AvgIpc) is 2.89. The van der Waals surface area contributed by atoms with Crippen molar-refractivity contribution in [1.29, 1.82) is 0 Å². The molecule has 70 valence electrons. The third kappa shape index (κ3) is 1.96. The van der Waals surface area contributed by atoms with Gasteiger partial charge in [0.15, 0.2) is 0 Å². The van der Waals surface area contributed by atoms with E-state index in [1.165, 1.54) is 44.9 Å². The maximum absolute atomic E-state index is 5.85. The van der Waals surface area contributed by atoms with Crippen LogP contribution in [0, 0.1) is 17.8 Å². The molecular formula is C11H19Cl. The predicted octanol–water partition coefficient (Wildman–Crippen LogP) is 3.83. The van der Waals surface area contributed by atoms with Gasteiger partial charge in [0, 0.05) is 5.88 Å². The second-order valence-corrected chi connectivity index (χ2v) is 4.87. The van der Waals surface area contributed by atoms with E-state index in [1.54, 1.807) is 0 Å². The third-order valence-corrected chi connectivity index (χ3v) is 4.08. The first-order valence-electron chi connectivity index (χ1n) is 5.48. The van der Waals surface area contributed by atoms with Gasteiger partial charge in [0.2, 0.25) is 0 Å². The van der Waals surface area contributed by atoms with Crippen molar-refractivity contribution in [2.75, 3.05) is 5.88 Å². The van der Waals surface area contributed by atoms with Crippen LogP contribution in [0.25, 0.3) is 0 Å². The Hall–Kier alpha value is 0.290. The van der Waals surface area contributed by atoms with Gasteiger partial charge in [0.25, 0.3) is 0 Å². The van der Waals surface area contributed by atoms with E-state index in [9.17, 15) is 0 Å². The second kappa shape index (κ2) is 4.00. The maximum atomic E-state index is 5.85. The zero-order chi connectivity index (χ0) is 8.39. The summed E-state index contributed by atoms with van der Waals surface area (Å²) in [5.41, 5.74) is 0. The molecule has 2 atom stereocenters. The monoisotopic (exact) mass is 186 g/mol. The molecule has 0 N–H and O–H groups in total. The van der Waals surface area contributed by atoms with Gasteiger partial charge in [-0.2, -0.15) is 0 Å². The van der Waals surface area contributed by atoms with Crippen molar-refractivity contribution >= 4 is 11.6 Å². The van der Waals surface area contributed by atoms with Gasteiger partial charge in [0.05, 0.1) is 0 Å². The van der Waals surface area contributed by atoms with E-state index in [0.717, 1.165) is 23.6 Å². The lowest BCUT2D eigenvalue weighted by atomic mass is 9.94. The molecule has 2 saturated carbocycles. The third-order valence-electron chi connectivity index (χ3n) is 3.68. The number of hydrogen-bond acceptors (Lipinski definition) is 0. The molecule has 0 bridgehead atoms. The molecule has 0 saturated heterocycles. The summed E-state index contributed by atoms with van der Waals surface area (Å²) in [6.45, 7) is 0.